The van der Waals surface area contributed by atoms with Gasteiger partial charge in [-0.05, 0) is 11.8 Å². The van der Waals surface area contributed by atoms with Crippen LogP contribution in [0.4, 0.5) is 0 Å². The first-order chi connectivity index (χ1) is 8.36. The predicted octanol–water partition coefficient (Wildman–Crippen LogP) is 6.16. The summed E-state index contributed by atoms with van der Waals surface area (Å²) in [6.07, 6.45) is 18.8. The quantitative estimate of drug-likeness (QED) is 0.421. The maximum atomic E-state index is 4.05. The fraction of sp³-hybridized carbons (Fsp3) is 0.941. The van der Waals surface area contributed by atoms with E-state index in [2.05, 4.69) is 13.8 Å². The third-order valence-electron chi connectivity index (χ3n) is 4.59. The molecule has 0 atom stereocenters. The van der Waals surface area contributed by atoms with Crippen molar-refractivity contribution in [2.45, 2.75) is 90.4 Å². The Bertz CT molecular complexity index is 153. The van der Waals surface area contributed by atoms with E-state index in [0.29, 0.717) is 0 Å². The Hall–Kier alpha value is 0. The molecule has 0 heterocycles. The molecular weight excluding hydrogens is 204 g/mol. The zero-order chi connectivity index (χ0) is 12.3. The second-order valence-electron chi connectivity index (χ2n) is 6.09. The van der Waals surface area contributed by atoms with Gasteiger partial charge in [-0.3, -0.25) is 0 Å². The molecule has 1 aliphatic carbocycles. The Balaban J connectivity index is 1.87. The van der Waals surface area contributed by atoms with Crippen LogP contribution in [-0.4, -0.2) is 0 Å². The second-order valence-corrected chi connectivity index (χ2v) is 6.09. The van der Waals surface area contributed by atoms with Gasteiger partial charge in [0.1, 0.15) is 0 Å². The number of unbranched alkanes of at least 4 members (excludes halogenated alkanes) is 6. The summed E-state index contributed by atoms with van der Waals surface area (Å²) in [5.41, 5.74) is 0. The van der Waals surface area contributed by atoms with E-state index in [1.807, 2.05) is 0 Å². The summed E-state index contributed by atoms with van der Waals surface area (Å²) in [7, 11) is 0. The first-order valence-corrected chi connectivity index (χ1v) is 8.16. The molecule has 0 aromatic rings. The van der Waals surface area contributed by atoms with Gasteiger partial charge in [0.15, 0.2) is 0 Å². The molecule has 0 bridgehead atoms. The molecule has 1 rings (SSSR count). The van der Waals surface area contributed by atoms with E-state index in [9.17, 15) is 0 Å². The molecule has 0 heteroatoms. The summed E-state index contributed by atoms with van der Waals surface area (Å²) in [6.45, 7) is 6.34. The normalized spacial score (nSPS) is 25.1. The highest BCUT2D eigenvalue weighted by Gasteiger charge is 2.19. The minimum Gasteiger partial charge on any atom is -0.0654 e. The van der Waals surface area contributed by atoms with E-state index < -0.39 is 0 Å². The molecule has 1 aliphatic rings. The van der Waals surface area contributed by atoms with Gasteiger partial charge in [0.05, 0.1) is 0 Å². The SMILES string of the molecule is [CH2]CC1CCC(CCCCCCCCC)CC1. The molecule has 0 aliphatic heterocycles. The summed E-state index contributed by atoms with van der Waals surface area (Å²) in [5, 5.41) is 0. The first-order valence-electron chi connectivity index (χ1n) is 8.16. The smallest absolute Gasteiger partial charge is 0.0414 e. The first kappa shape index (κ1) is 15.1. The van der Waals surface area contributed by atoms with Crippen molar-refractivity contribution >= 4 is 0 Å². The van der Waals surface area contributed by atoms with Crippen LogP contribution in [0.1, 0.15) is 90.4 Å². The Morgan fingerprint density at radius 1 is 0.765 bits per heavy atom. The van der Waals surface area contributed by atoms with E-state index in [-0.39, 0.29) is 0 Å². The van der Waals surface area contributed by atoms with Crippen molar-refractivity contribution in [3.63, 3.8) is 0 Å². The lowest BCUT2D eigenvalue weighted by molar-refractivity contribution is 0.259. The van der Waals surface area contributed by atoms with Crippen LogP contribution in [0.2, 0.25) is 0 Å². The Morgan fingerprint density at radius 3 is 1.88 bits per heavy atom. The molecule has 17 heavy (non-hydrogen) atoms. The summed E-state index contributed by atoms with van der Waals surface area (Å²) in [4.78, 5) is 0. The molecule has 0 N–H and O–H groups in total. The Kier molecular flexibility index (Phi) is 8.83. The molecule has 1 saturated carbocycles. The highest BCUT2D eigenvalue weighted by molar-refractivity contribution is 4.73. The van der Waals surface area contributed by atoms with Crippen molar-refractivity contribution in [2.75, 3.05) is 0 Å². The van der Waals surface area contributed by atoms with Gasteiger partial charge in [0, 0.05) is 0 Å². The van der Waals surface area contributed by atoms with Gasteiger partial charge in [-0.1, -0.05) is 97.3 Å². The molecule has 0 aromatic carbocycles. The van der Waals surface area contributed by atoms with E-state index in [1.165, 1.54) is 83.5 Å². The molecule has 0 nitrogen and oxygen atoms in total. The summed E-state index contributed by atoms with van der Waals surface area (Å²) in [6, 6.07) is 0. The van der Waals surface area contributed by atoms with Crippen LogP contribution in [0.25, 0.3) is 0 Å². The lowest BCUT2D eigenvalue weighted by atomic mass is 9.79. The van der Waals surface area contributed by atoms with Crippen molar-refractivity contribution in [2.24, 2.45) is 11.8 Å². The molecule has 0 unspecified atom stereocenters. The average Bonchev–Trinajstić information content (AvgIpc) is 2.38. The van der Waals surface area contributed by atoms with E-state index >= 15 is 0 Å². The highest BCUT2D eigenvalue weighted by Crippen LogP contribution is 2.33. The van der Waals surface area contributed by atoms with Crippen molar-refractivity contribution in [1.29, 1.82) is 0 Å². The summed E-state index contributed by atoms with van der Waals surface area (Å²) < 4.78 is 0. The van der Waals surface area contributed by atoms with Gasteiger partial charge < -0.3 is 0 Å². The van der Waals surface area contributed by atoms with Crippen LogP contribution in [0.15, 0.2) is 0 Å². The van der Waals surface area contributed by atoms with Crippen molar-refractivity contribution in [3.05, 3.63) is 6.92 Å². The van der Waals surface area contributed by atoms with Crippen molar-refractivity contribution in [1.82, 2.24) is 0 Å². The Morgan fingerprint density at radius 2 is 1.29 bits per heavy atom. The minimum atomic E-state index is 0.959. The molecular formula is C17H33. The zero-order valence-corrected chi connectivity index (χ0v) is 12.1. The van der Waals surface area contributed by atoms with Gasteiger partial charge >= 0.3 is 0 Å². The predicted molar refractivity (Wildman–Crippen MR) is 78.0 cm³/mol. The van der Waals surface area contributed by atoms with E-state index in [4.69, 9.17) is 0 Å². The molecule has 0 amide bonds. The van der Waals surface area contributed by atoms with Crippen LogP contribution in [0.5, 0.6) is 0 Å². The summed E-state index contributed by atoms with van der Waals surface area (Å²) >= 11 is 0. The van der Waals surface area contributed by atoms with Crippen LogP contribution >= 0.6 is 0 Å². The third-order valence-corrected chi connectivity index (χ3v) is 4.59. The van der Waals surface area contributed by atoms with Gasteiger partial charge in [-0.2, -0.15) is 0 Å². The van der Waals surface area contributed by atoms with Crippen molar-refractivity contribution < 1.29 is 0 Å². The zero-order valence-electron chi connectivity index (χ0n) is 12.1. The molecule has 0 spiro atoms. The van der Waals surface area contributed by atoms with Crippen molar-refractivity contribution in [3.8, 4) is 0 Å². The highest BCUT2D eigenvalue weighted by atomic mass is 14.2. The maximum Gasteiger partial charge on any atom is -0.0414 e. The number of hydrogen-bond acceptors (Lipinski definition) is 0. The van der Waals surface area contributed by atoms with Crippen LogP contribution in [0.3, 0.4) is 0 Å². The molecule has 0 saturated heterocycles. The number of hydrogen-bond donors (Lipinski definition) is 0. The van der Waals surface area contributed by atoms with Gasteiger partial charge in [-0.25, -0.2) is 0 Å². The van der Waals surface area contributed by atoms with Gasteiger partial charge in [0.2, 0.25) is 0 Å². The van der Waals surface area contributed by atoms with E-state index in [0.717, 1.165) is 11.8 Å². The average molecular weight is 237 g/mol. The van der Waals surface area contributed by atoms with E-state index in [1.54, 1.807) is 0 Å². The molecule has 1 fully saturated rings. The van der Waals surface area contributed by atoms with Crippen LogP contribution < -0.4 is 0 Å². The minimum absolute atomic E-state index is 0.959. The standard InChI is InChI=1S/C17H33/c1-3-5-6-7-8-9-10-11-17-14-12-16(4-2)13-15-17/h16-17H,2-15H2,1H3. The third kappa shape index (κ3) is 7.11. The van der Waals surface area contributed by atoms with Gasteiger partial charge in [-0.15, -0.1) is 0 Å². The number of rotatable bonds is 9. The Labute approximate surface area is 110 Å². The monoisotopic (exact) mass is 237 g/mol. The van der Waals surface area contributed by atoms with Crippen LogP contribution in [-0.2, 0) is 0 Å². The molecule has 101 valence electrons. The molecule has 0 aromatic heterocycles. The fourth-order valence-electron chi connectivity index (χ4n) is 3.20. The molecule has 1 radical (unpaired) electrons. The topological polar surface area (TPSA) is 0 Å². The lowest BCUT2D eigenvalue weighted by Crippen LogP contribution is -2.13. The largest absolute Gasteiger partial charge is 0.0654 e. The maximum absolute atomic E-state index is 4.05. The van der Waals surface area contributed by atoms with Crippen LogP contribution in [0, 0.1) is 18.8 Å². The van der Waals surface area contributed by atoms with Gasteiger partial charge in [0.25, 0.3) is 0 Å². The summed E-state index contributed by atoms with van der Waals surface area (Å²) in [5.74, 6) is 2.02. The second kappa shape index (κ2) is 9.97. The lowest BCUT2D eigenvalue weighted by Gasteiger charge is -2.27. The fourth-order valence-corrected chi connectivity index (χ4v) is 3.20.